The van der Waals surface area contributed by atoms with Gasteiger partial charge in [0.25, 0.3) is 0 Å². The molecule has 3 aliphatic heterocycles. The predicted octanol–water partition coefficient (Wildman–Crippen LogP) is 3.83. The highest BCUT2D eigenvalue weighted by Crippen LogP contribution is 2.38. The molecule has 2 saturated heterocycles. The molecule has 2 fully saturated rings. The molecule has 0 unspecified atom stereocenters. The minimum atomic E-state index is 0.0269. The molecule has 4 rings (SSSR count). The van der Waals surface area contributed by atoms with Crippen molar-refractivity contribution < 1.29 is 9.59 Å². The number of carbonyl (C=O) groups is 2. The van der Waals surface area contributed by atoms with Crippen LogP contribution in [0.25, 0.3) is 0 Å². The number of likely N-dealkylation sites (tertiary alicyclic amines) is 2. The minimum Gasteiger partial charge on any atom is -0.325 e. The summed E-state index contributed by atoms with van der Waals surface area (Å²) in [4.78, 5) is 33.0. The van der Waals surface area contributed by atoms with E-state index < -0.39 is 0 Å². The van der Waals surface area contributed by atoms with Crippen LogP contribution in [0.5, 0.6) is 0 Å². The Morgan fingerprint density at radius 2 is 1.59 bits per heavy atom. The van der Waals surface area contributed by atoms with Crippen LogP contribution in [0.3, 0.4) is 0 Å². The number of hydrogen-bond acceptors (Lipinski definition) is 3. The normalized spacial score (nSPS) is 23.9. The lowest BCUT2D eigenvalue weighted by molar-refractivity contribution is -0.123. The summed E-state index contributed by atoms with van der Waals surface area (Å²) in [7, 11) is 0. The highest BCUT2D eigenvalue weighted by atomic mass is 32.2. The third-order valence-corrected chi connectivity index (χ3v) is 7.24. The number of piperidine rings is 1. The first kappa shape index (κ1) is 18.7. The molecule has 0 aromatic heterocycles. The predicted molar refractivity (Wildman–Crippen MR) is 109 cm³/mol. The summed E-state index contributed by atoms with van der Waals surface area (Å²) < 4.78 is 0. The fourth-order valence-electron chi connectivity index (χ4n) is 4.36. The highest BCUT2D eigenvalue weighted by Gasteiger charge is 2.34. The van der Waals surface area contributed by atoms with E-state index in [2.05, 4.69) is 25.1 Å². The first-order valence-electron chi connectivity index (χ1n) is 10.2. The molecule has 3 heterocycles. The van der Waals surface area contributed by atoms with Gasteiger partial charge in [-0.05, 0) is 44.2 Å². The number of urea groups is 1. The molecule has 0 saturated carbocycles. The van der Waals surface area contributed by atoms with Crippen LogP contribution in [0.4, 0.5) is 10.5 Å². The molecule has 6 heteroatoms. The molecule has 5 nitrogen and oxygen atoms in total. The second-order valence-electron chi connectivity index (χ2n) is 7.91. The molecule has 146 valence electrons. The molecule has 3 amide bonds. The quantitative estimate of drug-likeness (QED) is 0.736. The topological polar surface area (TPSA) is 43.9 Å². The molecular weight excluding hydrogens is 358 g/mol. The van der Waals surface area contributed by atoms with Gasteiger partial charge in [-0.1, -0.05) is 19.1 Å². The molecule has 0 N–H and O–H groups in total. The average molecular weight is 388 g/mol. The highest BCUT2D eigenvalue weighted by molar-refractivity contribution is 8.00. The maximum atomic E-state index is 13.3. The van der Waals surface area contributed by atoms with E-state index in [0.29, 0.717) is 18.3 Å². The number of amides is 3. The van der Waals surface area contributed by atoms with Crippen molar-refractivity contribution in [2.24, 2.45) is 5.92 Å². The van der Waals surface area contributed by atoms with Gasteiger partial charge in [-0.2, -0.15) is 0 Å². The van der Waals surface area contributed by atoms with Gasteiger partial charge in [0.05, 0.1) is 5.69 Å². The van der Waals surface area contributed by atoms with Crippen molar-refractivity contribution in [1.29, 1.82) is 0 Å². The number of benzene rings is 1. The Kier molecular flexibility index (Phi) is 5.62. The van der Waals surface area contributed by atoms with Crippen LogP contribution in [0.1, 0.15) is 39.0 Å². The van der Waals surface area contributed by atoms with Crippen molar-refractivity contribution in [3.63, 3.8) is 0 Å². The van der Waals surface area contributed by atoms with Gasteiger partial charge in [0.15, 0.2) is 0 Å². The summed E-state index contributed by atoms with van der Waals surface area (Å²) in [6.07, 6.45) is 4.80. The summed E-state index contributed by atoms with van der Waals surface area (Å²) in [5.74, 6) is 0.268. The Labute approximate surface area is 166 Å². The smallest absolute Gasteiger partial charge is 0.319 e. The van der Waals surface area contributed by atoms with Crippen molar-refractivity contribution in [3.8, 4) is 0 Å². The van der Waals surface area contributed by atoms with Crippen LogP contribution in [0.15, 0.2) is 29.2 Å². The van der Waals surface area contributed by atoms with E-state index in [1.807, 2.05) is 32.5 Å². The summed E-state index contributed by atoms with van der Waals surface area (Å²) in [5.41, 5.74) is 1.06. The van der Waals surface area contributed by atoms with Crippen LogP contribution in [-0.2, 0) is 4.79 Å². The van der Waals surface area contributed by atoms with E-state index in [-0.39, 0.29) is 17.9 Å². The molecule has 1 aromatic carbocycles. The number of anilines is 1. The molecule has 27 heavy (non-hydrogen) atoms. The van der Waals surface area contributed by atoms with Crippen molar-refractivity contribution in [2.45, 2.75) is 49.2 Å². The first-order valence-corrected chi connectivity index (χ1v) is 11.1. The Morgan fingerprint density at radius 1 is 0.926 bits per heavy atom. The number of carbonyl (C=O) groups excluding carboxylic acids is 2. The zero-order valence-electron chi connectivity index (χ0n) is 16.1. The third-order valence-electron chi connectivity index (χ3n) is 6.00. The minimum absolute atomic E-state index is 0.0269. The van der Waals surface area contributed by atoms with Crippen LogP contribution < -0.4 is 4.90 Å². The monoisotopic (exact) mass is 387 g/mol. The number of rotatable bonds is 1. The number of hydrogen-bond donors (Lipinski definition) is 0. The summed E-state index contributed by atoms with van der Waals surface area (Å²) in [5, 5.41) is 0.517. The number of thioether (sulfide) groups is 1. The van der Waals surface area contributed by atoms with Crippen molar-refractivity contribution in [3.05, 3.63) is 24.3 Å². The summed E-state index contributed by atoms with van der Waals surface area (Å²) >= 11 is 1.87. The molecule has 0 radical (unpaired) electrons. The van der Waals surface area contributed by atoms with E-state index >= 15 is 0 Å². The van der Waals surface area contributed by atoms with Crippen molar-refractivity contribution in [2.75, 3.05) is 37.6 Å². The molecule has 3 aliphatic rings. The number of fused-ring (bicyclic) bond motifs is 1. The maximum absolute atomic E-state index is 13.3. The fraction of sp³-hybridized carbons (Fsp3) is 0.619. The van der Waals surface area contributed by atoms with Crippen LogP contribution in [-0.4, -0.2) is 59.7 Å². The Bertz CT molecular complexity index is 696. The van der Waals surface area contributed by atoms with Crippen LogP contribution >= 0.6 is 11.8 Å². The maximum Gasteiger partial charge on any atom is 0.319 e. The molecular formula is C21H29N3O2S. The molecule has 0 aliphatic carbocycles. The SMILES string of the molecule is C[C@@H]1CCN(C(=O)C2CCN(C(=O)N3CCCC3)CC2)c2ccccc2S1. The van der Waals surface area contributed by atoms with E-state index in [1.54, 1.807) is 0 Å². The first-order chi connectivity index (χ1) is 13.1. The van der Waals surface area contributed by atoms with Crippen molar-refractivity contribution >= 4 is 29.4 Å². The van der Waals surface area contributed by atoms with Gasteiger partial charge in [0.2, 0.25) is 5.91 Å². The zero-order valence-corrected chi connectivity index (χ0v) is 16.9. The molecule has 0 spiro atoms. The largest absolute Gasteiger partial charge is 0.325 e. The van der Waals surface area contributed by atoms with Crippen molar-refractivity contribution in [1.82, 2.24) is 9.80 Å². The van der Waals surface area contributed by atoms with E-state index in [9.17, 15) is 9.59 Å². The Balaban J connectivity index is 1.41. The lowest BCUT2D eigenvalue weighted by atomic mass is 9.95. The van der Waals surface area contributed by atoms with Crippen LogP contribution in [0.2, 0.25) is 0 Å². The van der Waals surface area contributed by atoms with Gasteiger partial charge < -0.3 is 14.7 Å². The number of para-hydroxylation sites is 1. The van der Waals surface area contributed by atoms with E-state index in [1.165, 1.54) is 4.90 Å². The molecule has 0 bridgehead atoms. The van der Waals surface area contributed by atoms with Gasteiger partial charge >= 0.3 is 6.03 Å². The lowest BCUT2D eigenvalue weighted by Gasteiger charge is -2.36. The summed E-state index contributed by atoms with van der Waals surface area (Å²) in [6.45, 7) is 6.20. The number of nitrogens with zero attached hydrogens (tertiary/aromatic N) is 3. The van der Waals surface area contributed by atoms with Gasteiger partial charge in [-0.25, -0.2) is 4.79 Å². The van der Waals surface area contributed by atoms with Gasteiger partial charge in [-0.3, -0.25) is 4.79 Å². The van der Waals surface area contributed by atoms with Gasteiger partial charge in [-0.15, -0.1) is 11.8 Å². The second kappa shape index (κ2) is 8.13. The average Bonchev–Trinajstić information content (AvgIpc) is 3.17. The van der Waals surface area contributed by atoms with Gasteiger partial charge in [0, 0.05) is 48.8 Å². The van der Waals surface area contributed by atoms with Crippen LogP contribution in [0, 0.1) is 5.92 Å². The molecule has 1 atom stereocenters. The summed E-state index contributed by atoms with van der Waals surface area (Å²) in [6, 6.07) is 8.44. The lowest BCUT2D eigenvalue weighted by Crippen LogP contribution is -2.48. The molecule has 1 aromatic rings. The second-order valence-corrected chi connectivity index (χ2v) is 9.39. The zero-order chi connectivity index (χ0) is 18.8. The van der Waals surface area contributed by atoms with E-state index in [0.717, 1.165) is 57.4 Å². The van der Waals surface area contributed by atoms with Gasteiger partial charge in [0.1, 0.15) is 0 Å². The Morgan fingerprint density at radius 3 is 2.33 bits per heavy atom. The Hall–Kier alpha value is -1.69. The fourth-order valence-corrected chi connectivity index (χ4v) is 5.48. The standard InChI is InChI=1S/C21H29N3O2S/c1-16-8-15-24(18-6-2-3-7-19(18)27-16)20(25)17-9-13-23(14-10-17)21(26)22-11-4-5-12-22/h2-3,6-7,16-17H,4-5,8-15H2,1H3/t16-/m1/s1. The third kappa shape index (κ3) is 3.96. The van der Waals surface area contributed by atoms with E-state index in [4.69, 9.17) is 0 Å².